The number of nitrogens with one attached hydrogen (secondary N) is 1. The molecule has 0 radical (unpaired) electrons. The van der Waals surface area contributed by atoms with Crippen LogP contribution in [0.1, 0.15) is 40.3 Å². The molecule has 5 heteroatoms. The van der Waals surface area contributed by atoms with Gasteiger partial charge in [0.2, 0.25) is 0 Å². The van der Waals surface area contributed by atoms with Crippen LogP contribution in [0.3, 0.4) is 0 Å². The van der Waals surface area contributed by atoms with Gasteiger partial charge < -0.3 is 10.1 Å². The first-order valence-electron chi connectivity index (χ1n) is 8.44. The van der Waals surface area contributed by atoms with Gasteiger partial charge in [0.1, 0.15) is 0 Å². The molecule has 0 atom stereocenters. The fraction of sp³-hybridized carbons (Fsp3) is 0.190. The Bertz CT molecular complexity index is 996. The van der Waals surface area contributed by atoms with Gasteiger partial charge in [0.15, 0.2) is 5.78 Å². The van der Waals surface area contributed by atoms with Crippen LogP contribution >= 0.6 is 0 Å². The number of rotatable bonds is 5. The molecule has 3 rings (SSSR count). The van der Waals surface area contributed by atoms with Crippen LogP contribution in [0.4, 0.5) is 11.4 Å². The lowest BCUT2D eigenvalue weighted by atomic mass is 10.1. The lowest BCUT2D eigenvalue weighted by Crippen LogP contribution is -2.05. The second kappa shape index (κ2) is 7.35. The molecule has 0 saturated carbocycles. The third kappa shape index (κ3) is 3.72. The van der Waals surface area contributed by atoms with Crippen LogP contribution in [0.15, 0.2) is 48.5 Å². The van der Waals surface area contributed by atoms with E-state index in [1.165, 1.54) is 6.92 Å². The summed E-state index contributed by atoms with van der Waals surface area (Å²) in [6, 6.07) is 14.5. The molecule has 1 N–H and O–H groups in total. The van der Waals surface area contributed by atoms with Crippen molar-refractivity contribution in [2.75, 3.05) is 11.9 Å². The van der Waals surface area contributed by atoms with Gasteiger partial charge in [0.05, 0.1) is 17.7 Å². The second-order valence-corrected chi connectivity index (χ2v) is 6.03. The first-order chi connectivity index (χ1) is 12.5. The number of benzene rings is 2. The number of aryl methyl sites for hydroxylation is 1. The molecule has 0 aliphatic rings. The standard InChI is InChI=1S/C21H20N2O3/c1-4-26-21(25)16-8-9-19-18(12-16)20(10-13(2)22-19)23-17-7-5-6-15(11-17)14(3)24/h5-12H,4H2,1-3H3,(H,22,23). The summed E-state index contributed by atoms with van der Waals surface area (Å²) in [5, 5.41) is 4.15. The van der Waals surface area contributed by atoms with E-state index in [2.05, 4.69) is 10.3 Å². The number of hydrogen-bond acceptors (Lipinski definition) is 5. The molecule has 0 unspecified atom stereocenters. The average Bonchev–Trinajstić information content (AvgIpc) is 2.61. The van der Waals surface area contributed by atoms with Gasteiger partial charge in [0, 0.05) is 28.0 Å². The van der Waals surface area contributed by atoms with Crippen molar-refractivity contribution in [1.29, 1.82) is 0 Å². The number of anilines is 2. The van der Waals surface area contributed by atoms with Crippen molar-refractivity contribution >= 4 is 34.0 Å². The van der Waals surface area contributed by atoms with Crippen LogP contribution in [0.2, 0.25) is 0 Å². The number of aromatic nitrogens is 1. The maximum Gasteiger partial charge on any atom is 0.338 e. The summed E-state index contributed by atoms with van der Waals surface area (Å²) in [5.41, 5.74) is 4.36. The minimum atomic E-state index is -0.362. The number of carbonyl (C=O) groups is 2. The van der Waals surface area contributed by atoms with E-state index in [1.54, 1.807) is 31.2 Å². The van der Waals surface area contributed by atoms with Crippen LogP contribution in [0.25, 0.3) is 10.9 Å². The van der Waals surface area contributed by atoms with E-state index in [9.17, 15) is 9.59 Å². The SMILES string of the molecule is CCOC(=O)c1ccc2nc(C)cc(Nc3cccc(C(C)=O)c3)c2c1. The molecular formula is C21H20N2O3. The lowest BCUT2D eigenvalue weighted by molar-refractivity contribution is 0.0526. The Morgan fingerprint density at radius 1 is 1.08 bits per heavy atom. The van der Waals surface area contributed by atoms with Crippen molar-refractivity contribution < 1.29 is 14.3 Å². The number of hydrogen-bond donors (Lipinski definition) is 1. The Hall–Kier alpha value is -3.21. The molecule has 0 fully saturated rings. The van der Waals surface area contributed by atoms with Crippen molar-refractivity contribution in [3.05, 3.63) is 65.4 Å². The number of Topliss-reactive ketones (excluding diaryl/α,β-unsaturated/α-hetero) is 1. The molecule has 0 amide bonds. The molecule has 0 bridgehead atoms. The number of fused-ring (bicyclic) bond motifs is 1. The Kier molecular flexibility index (Phi) is 4.98. The van der Waals surface area contributed by atoms with Gasteiger partial charge in [-0.15, -0.1) is 0 Å². The molecule has 1 heterocycles. The molecule has 0 spiro atoms. The third-order valence-electron chi connectivity index (χ3n) is 4.00. The Morgan fingerprint density at radius 2 is 1.88 bits per heavy atom. The smallest absolute Gasteiger partial charge is 0.338 e. The largest absolute Gasteiger partial charge is 0.462 e. The summed E-state index contributed by atoms with van der Waals surface area (Å²) in [7, 11) is 0. The normalized spacial score (nSPS) is 10.6. The van der Waals surface area contributed by atoms with E-state index in [0.29, 0.717) is 17.7 Å². The third-order valence-corrected chi connectivity index (χ3v) is 4.00. The Morgan fingerprint density at radius 3 is 2.62 bits per heavy atom. The van der Waals surface area contributed by atoms with Gasteiger partial charge in [-0.2, -0.15) is 0 Å². The molecule has 5 nitrogen and oxygen atoms in total. The molecule has 0 aliphatic carbocycles. The average molecular weight is 348 g/mol. The molecule has 0 aliphatic heterocycles. The summed E-state index contributed by atoms with van der Waals surface area (Å²) in [4.78, 5) is 28.2. The van der Waals surface area contributed by atoms with Gasteiger partial charge in [0.25, 0.3) is 0 Å². The zero-order chi connectivity index (χ0) is 18.7. The maximum absolute atomic E-state index is 12.0. The summed E-state index contributed by atoms with van der Waals surface area (Å²) in [5.74, 6) is -0.353. The Balaban J connectivity index is 2.06. The monoisotopic (exact) mass is 348 g/mol. The maximum atomic E-state index is 12.0. The number of nitrogens with zero attached hydrogens (tertiary/aromatic N) is 1. The molecule has 26 heavy (non-hydrogen) atoms. The topological polar surface area (TPSA) is 68.3 Å². The molecule has 132 valence electrons. The van der Waals surface area contributed by atoms with Crippen LogP contribution < -0.4 is 5.32 Å². The molecule has 0 saturated heterocycles. The zero-order valence-corrected chi connectivity index (χ0v) is 15.0. The van der Waals surface area contributed by atoms with Crippen molar-refractivity contribution in [1.82, 2.24) is 4.98 Å². The van der Waals surface area contributed by atoms with Crippen LogP contribution in [-0.4, -0.2) is 23.3 Å². The van der Waals surface area contributed by atoms with E-state index in [0.717, 1.165) is 28.0 Å². The number of carbonyl (C=O) groups excluding carboxylic acids is 2. The van der Waals surface area contributed by atoms with E-state index in [1.807, 2.05) is 31.2 Å². The van der Waals surface area contributed by atoms with Crippen molar-refractivity contribution in [3.8, 4) is 0 Å². The summed E-state index contributed by atoms with van der Waals surface area (Å²) < 4.78 is 5.08. The molecular weight excluding hydrogens is 328 g/mol. The van der Waals surface area contributed by atoms with Crippen LogP contribution in [-0.2, 0) is 4.74 Å². The molecule has 2 aromatic carbocycles. The predicted octanol–water partition coefficient (Wildman–Crippen LogP) is 4.67. The summed E-state index contributed by atoms with van der Waals surface area (Å²) in [6.07, 6.45) is 0. The highest BCUT2D eigenvalue weighted by molar-refractivity contribution is 6.00. The van der Waals surface area contributed by atoms with E-state index in [4.69, 9.17) is 4.74 Å². The zero-order valence-electron chi connectivity index (χ0n) is 15.0. The quantitative estimate of drug-likeness (QED) is 0.536. The molecule has 3 aromatic rings. The highest BCUT2D eigenvalue weighted by atomic mass is 16.5. The van der Waals surface area contributed by atoms with Gasteiger partial charge >= 0.3 is 5.97 Å². The van der Waals surface area contributed by atoms with Crippen molar-refractivity contribution in [3.63, 3.8) is 0 Å². The summed E-state index contributed by atoms with van der Waals surface area (Å²) in [6.45, 7) is 5.55. The fourth-order valence-electron chi connectivity index (χ4n) is 2.77. The highest BCUT2D eigenvalue weighted by Gasteiger charge is 2.11. The minimum absolute atomic E-state index is 0.00835. The fourth-order valence-corrected chi connectivity index (χ4v) is 2.77. The highest BCUT2D eigenvalue weighted by Crippen LogP contribution is 2.28. The first-order valence-corrected chi connectivity index (χ1v) is 8.44. The van der Waals surface area contributed by atoms with E-state index >= 15 is 0 Å². The van der Waals surface area contributed by atoms with Crippen LogP contribution in [0, 0.1) is 6.92 Å². The first kappa shape index (κ1) is 17.6. The summed E-state index contributed by atoms with van der Waals surface area (Å²) >= 11 is 0. The van der Waals surface area contributed by atoms with E-state index in [-0.39, 0.29) is 11.8 Å². The minimum Gasteiger partial charge on any atom is -0.462 e. The van der Waals surface area contributed by atoms with Crippen LogP contribution in [0.5, 0.6) is 0 Å². The number of ketones is 1. The number of pyridine rings is 1. The number of esters is 1. The van der Waals surface area contributed by atoms with Crippen molar-refractivity contribution in [2.24, 2.45) is 0 Å². The van der Waals surface area contributed by atoms with Gasteiger partial charge in [-0.3, -0.25) is 9.78 Å². The van der Waals surface area contributed by atoms with Gasteiger partial charge in [-0.25, -0.2) is 4.79 Å². The lowest BCUT2D eigenvalue weighted by Gasteiger charge is -2.12. The Labute approximate surface area is 152 Å². The van der Waals surface area contributed by atoms with Gasteiger partial charge in [-0.05, 0) is 57.2 Å². The predicted molar refractivity (Wildman–Crippen MR) is 102 cm³/mol. The van der Waals surface area contributed by atoms with Crippen molar-refractivity contribution in [2.45, 2.75) is 20.8 Å². The number of ether oxygens (including phenoxy) is 1. The van der Waals surface area contributed by atoms with Gasteiger partial charge in [-0.1, -0.05) is 12.1 Å². The molecule has 1 aromatic heterocycles. The van der Waals surface area contributed by atoms with E-state index < -0.39 is 0 Å². The second-order valence-electron chi connectivity index (χ2n) is 6.03.